The van der Waals surface area contributed by atoms with Gasteiger partial charge in [-0.3, -0.25) is 4.55 Å². The molecule has 0 aromatic heterocycles. The second-order valence-electron chi connectivity index (χ2n) is 3.86. The van der Waals surface area contributed by atoms with Crippen molar-refractivity contribution in [2.75, 3.05) is 0 Å². The van der Waals surface area contributed by atoms with Crippen LogP contribution in [0.3, 0.4) is 0 Å². The minimum Gasteiger partial charge on any atom is -0.285 e. The zero-order valence-corrected chi connectivity index (χ0v) is 8.89. The molecule has 1 fully saturated rings. The molecular weight excluding hydrogens is 188 g/mol. The van der Waals surface area contributed by atoms with Gasteiger partial charge in [0.05, 0.1) is 5.25 Å². The van der Waals surface area contributed by atoms with Gasteiger partial charge in [0.25, 0.3) is 10.1 Å². The Morgan fingerprint density at radius 2 is 1.85 bits per heavy atom. The monoisotopic (exact) mass is 206 g/mol. The maximum Gasteiger partial charge on any atom is 0.268 e. The van der Waals surface area contributed by atoms with E-state index < -0.39 is 15.4 Å². The molecule has 0 aromatic rings. The van der Waals surface area contributed by atoms with Crippen molar-refractivity contribution < 1.29 is 13.0 Å². The van der Waals surface area contributed by atoms with Gasteiger partial charge in [0.2, 0.25) is 0 Å². The van der Waals surface area contributed by atoms with Crippen LogP contribution in [0.15, 0.2) is 0 Å². The first-order valence-electron chi connectivity index (χ1n) is 5.02. The highest BCUT2D eigenvalue weighted by Gasteiger charge is 2.31. The Balaban J connectivity index is 2.65. The summed E-state index contributed by atoms with van der Waals surface area (Å²) in [7, 11) is -3.81. The minimum absolute atomic E-state index is 0.189. The van der Waals surface area contributed by atoms with Crippen LogP contribution in [0.1, 0.15) is 45.4 Å². The maximum absolute atomic E-state index is 11.0. The van der Waals surface area contributed by atoms with E-state index in [1.807, 2.05) is 6.92 Å². The molecule has 1 N–H and O–H groups in total. The van der Waals surface area contributed by atoms with Crippen molar-refractivity contribution in [2.45, 2.75) is 50.7 Å². The van der Waals surface area contributed by atoms with E-state index in [4.69, 9.17) is 4.55 Å². The summed E-state index contributed by atoms with van der Waals surface area (Å²) in [6, 6.07) is 0. The van der Waals surface area contributed by atoms with E-state index in [0.717, 1.165) is 25.7 Å². The van der Waals surface area contributed by atoms with Crippen LogP contribution in [0.25, 0.3) is 0 Å². The van der Waals surface area contributed by atoms with E-state index in [0.29, 0.717) is 6.42 Å². The van der Waals surface area contributed by atoms with Gasteiger partial charge in [-0.1, -0.05) is 26.2 Å². The Labute approximate surface area is 80.3 Å². The van der Waals surface area contributed by atoms with Gasteiger partial charge in [-0.25, -0.2) is 0 Å². The molecular formula is C9H18O3S. The fourth-order valence-electron chi connectivity index (χ4n) is 2.29. The van der Waals surface area contributed by atoms with Gasteiger partial charge in [-0.15, -0.1) is 0 Å². The molecule has 0 amide bonds. The molecule has 4 heteroatoms. The lowest BCUT2D eigenvalue weighted by Gasteiger charge is -2.27. The lowest BCUT2D eigenvalue weighted by atomic mass is 9.86. The van der Waals surface area contributed by atoms with Gasteiger partial charge in [0.1, 0.15) is 0 Å². The SMILES string of the molecule is CC[C@H](C1CCCCC1)S(=O)(=O)O. The standard InChI is InChI=1S/C9H18O3S/c1-2-9(13(10,11)12)8-6-4-3-5-7-8/h8-9H,2-7H2,1H3,(H,10,11,12)/t9-/m1/s1. The molecule has 0 aliphatic heterocycles. The molecule has 0 saturated heterocycles. The zero-order valence-electron chi connectivity index (χ0n) is 8.07. The molecule has 0 radical (unpaired) electrons. The molecule has 3 nitrogen and oxygen atoms in total. The van der Waals surface area contributed by atoms with Gasteiger partial charge >= 0.3 is 0 Å². The molecule has 1 rings (SSSR count). The molecule has 0 spiro atoms. The van der Waals surface area contributed by atoms with Crippen LogP contribution >= 0.6 is 0 Å². The van der Waals surface area contributed by atoms with E-state index in [9.17, 15) is 8.42 Å². The average Bonchev–Trinajstić information content (AvgIpc) is 2.05. The quantitative estimate of drug-likeness (QED) is 0.720. The van der Waals surface area contributed by atoms with Gasteiger partial charge in [-0.05, 0) is 25.2 Å². The van der Waals surface area contributed by atoms with Crippen LogP contribution in [0.2, 0.25) is 0 Å². The summed E-state index contributed by atoms with van der Waals surface area (Å²) in [5, 5.41) is -0.521. The third kappa shape index (κ3) is 2.95. The van der Waals surface area contributed by atoms with Crippen LogP contribution in [-0.2, 0) is 10.1 Å². The Hall–Kier alpha value is -0.0900. The van der Waals surface area contributed by atoms with Gasteiger partial charge in [0.15, 0.2) is 0 Å². The van der Waals surface area contributed by atoms with Crippen LogP contribution in [-0.4, -0.2) is 18.2 Å². The fourth-order valence-corrected chi connectivity index (χ4v) is 3.47. The molecule has 1 saturated carbocycles. The Morgan fingerprint density at radius 1 is 1.31 bits per heavy atom. The zero-order chi connectivity index (χ0) is 9.90. The summed E-state index contributed by atoms with van der Waals surface area (Å²) in [5.41, 5.74) is 0. The fraction of sp³-hybridized carbons (Fsp3) is 1.00. The molecule has 1 aliphatic carbocycles. The lowest BCUT2D eigenvalue weighted by Crippen LogP contribution is -2.30. The van der Waals surface area contributed by atoms with Gasteiger partial charge in [-0.2, -0.15) is 8.42 Å². The van der Waals surface area contributed by atoms with E-state index >= 15 is 0 Å². The summed E-state index contributed by atoms with van der Waals surface area (Å²) < 4.78 is 31.0. The van der Waals surface area contributed by atoms with E-state index in [1.165, 1.54) is 6.42 Å². The first kappa shape index (κ1) is 11.0. The molecule has 0 heterocycles. The van der Waals surface area contributed by atoms with Crippen molar-refractivity contribution in [3.8, 4) is 0 Å². The van der Waals surface area contributed by atoms with Crippen LogP contribution < -0.4 is 0 Å². The van der Waals surface area contributed by atoms with Crippen molar-refractivity contribution in [1.82, 2.24) is 0 Å². The molecule has 78 valence electrons. The van der Waals surface area contributed by atoms with Crippen molar-refractivity contribution in [3.63, 3.8) is 0 Å². The van der Waals surface area contributed by atoms with Crippen molar-refractivity contribution in [1.29, 1.82) is 0 Å². The van der Waals surface area contributed by atoms with Crippen LogP contribution in [0.5, 0.6) is 0 Å². The Bertz CT molecular complexity index is 240. The summed E-state index contributed by atoms with van der Waals surface area (Å²) in [6.45, 7) is 1.83. The van der Waals surface area contributed by atoms with E-state index in [2.05, 4.69) is 0 Å². The van der Waals surface area contributed by atoms with E-state index in [-0.39, 0.29) is 5.92 Å². The number of rotatable bonds is 3. The summed E-state index contributed by atoms with van der Waals surface area (Å²) in [5.74, 6) is 0.189. The topological polar surface area (TPSA) is 54.4 Å². The number of hydrogen-bond acceptors (Lipinski definition) is 2. The second kappa shape index (κ2) is 4.42. The minimum atomic E-state index is -3.81. The molecule has 13 heavy (non-hydrogen) atoms. The molecule has 0 bridgehead atoms. The molecule has 0 unspecified atom stereocenters. The van der Waals surface area contributed by atoms with Crippen molar-refractivity contribution in [3.05, 3.63) is 0 Å². The van der Waals surface area contributed by atoms with E-state index in [1.54, 1.807) is 0 Å². The first-order chi connectivity index (χ1) is 6.05. The summed E-state index contributed by atoms with van der Waals surface area (Å²) in [6.07, 6.45) is 5.87. The highest BCUT2D eigenvalue weighted by atomic mass is 32.2. The van der Waals surface area contributed by atoms with Gasteiger partial charge < -0.3 is 0 Å². The molecule has 1 aliphatic rings. The number of hydrogen-bond donors (Lipinski definition) is 1. The van der Waals surface area contributed by atoms with Crippen molar-refractivity contribution in [2.24, 2.45) is 5.92 Å². The Morgan fingerprint density at radius 3 is 2.23 bits per heavy atom. The first-order valence-corrected chi connectivity index (χ1v) is 6.52. The predicted octanol–water partition coefficient (Wildman–Crippen LogP) is 2.23. The summed E-state index contributed by atoms with van der Waals surface area (Å²) in [4.78, 5) is 0. The highest BCUT2D eigenvalue weighted by Crippen LogP contribution is 2.30. The van der Waals surface area contributed by atoms with Gasteiger partial charge in [0, 0.05) is 0 Å². The third-order valence-electron chi connectivity index (χ3n) is 2.96. The normalized spacial score (nSPS) is 22.9. The Kier molecular flexibility index (Phi) is 3.74. The van der Waals surface area contributed by atoms with Crippen molar-refractivity contribution >= 4 is 10.1 Å². The second-order valence-corrected chi connectivity index (χ2v) is 5.50. The molecule has 0 aromatic carbocycles. The lowest BCUT2D eigenvalue weighted by molar-refractivity contribution is 0.322. The third-order valence-corrected chi connectivity index (χ3v) is 4.44. The van der Waals surface area contributed by atoms with Crippen LogP contribution in [0.4, 0.5) is 0 Å². The highest BCUT2D eigenvalue weighted by molar-refractivity contribution is 7.86. The average molecular weight is 206 g/mol. The predicted molar refractivity (Wildman–Crippen MR) is 52.2 cm³/mol. The molecule has 1 atom stereocenters. The largest absolute Gasteiger partial charge is 0.285 e. The summed E-state index contributed by atoms with van der Waals surface area (Å²) >= 11 is 0. The smallest absolute Gasteiger partial charge is 0.268 e. The van der Waals surface area contributed by atoms with Crippen LogP contribution in [0, 0.1) is 5.92 Å². The maximum atomic E-state index is 11.0.